The molecule has 4 rings (SSSR count). The Bertz CT molecular complexity index is 889. The minimum absolute atomic E-state index is 0.0306. The predicted octanol–water partition coefficient (Wildman–Crippen LogP) is 2.40. The van der Waals surface area contributed by atoms with Crippen LogP contribution in [-0.4, -0.2) is 58.5 Å². The average molecular weight is 433 g/mol. The van der Waals surface area contributed by atoms with E-state index in [2.05, 4.69) is 15.9 Å². The summed E-state index contributed by atoms with van der Waals surface area (Å²) in [7, 11) is 0. The molecule has 2 heterocycles. The van der Waals surface area contributed by atoms with Crippen LogP contribution in [0, 0.1) is 5.82 Å². The monoisotopic (exact) mass is 432 g/mol. The highest BCUT2D eigenvalue weighted by atomic mass is 79.9. The van der Waals surface area contributed by atoms with Crippen LogP contribution in [0.15, 0.2) is 53.0 Å². The van der Waals surface area contributed by atoms with Crippen molar-refractivity contribution in [2.75, 3.05) is 19.7 Å². The molecule has 7 heteroatoms. The van der Waals surface area contributed by atoms with Gasteiger partial charge in [-0.1, -0.05) is 40.2 Å². The maximum atomic E-state index is 14.0. The minimum Gasteiger partial charge on any atom is -0.394 e. The molecule has 0 spiro atoms. The number of amides is 2. The van der Waals surface area contributed by atoms with Crippen molar-refractivity contribution in [2.24, 2.45) is 0 Å². The Kier molecular flexibility index (Phi) is 4.74. The number of piperazine rings is 1. The zero-order valence-electron chi connectivity index (χ0n) is 14.4. The van der Waals surface area contributed by atoms with Crippen LogP contribution in [0.4, 0.5) is 4.39 Å². The summed E-state index contributed by atoms with van der Waals surface area (Å²) >= 11 is 3.40. The molecule has 0 aromatic heterocycles. The van der Waals surface area contributed by atoms with E-state index < -0.39 is 11.7 Å². The second-order valence-electron chi connectivity index (χ2n) is 6.86. The Balaban J connectivity index is 1.60. The van der Waals surface area contributed by atoms with Crippen LogP contribution in [0.3, 0.4) is 0 Å². The molecule has 2 aliphatic heterocycles. The van der Waals surface area contributed by atoms with Crippen LogP contribution in [-0.2, 0) is 4.79 Å². The third kappa shape index (κ3) is 3.04. The first kappa shape index (κ1) is 18.1. The zero-order valence-corrected chi connectivity index (χ0v) is 16.0. The highest BCUT2D eigenvalue weighted by Gasteiger charge is 2.54. The number of carbonyl (C=O) groups is 2. The quantitative estimate of drug-likeness (QED) is 0.809. The largest absolute Gasteiger partial charge is 0.394 e. The van der Waals surface area contributed by atoms with Gasteiger partial charge in [-0.05, 0) is 29.8 Å². The minimum atomic E-state index is -0.594. The highest BCUT2D eigenvalue weighted by molar-refractivity contribution is 9.10. The van der Waals surface area contributed by atoms with Gasteiger partial charge in [0, 0.05) is 16.9 Å². The second-order valence-corrected chi connectivity index (χ2v) is 7.78. The number of hydrogen-bond donors (Lipinski definition) is 1. The van der Waals surface area contributed by atoms with Crippen molar-refractivity contribution in [3.63, 3.8) is 0 Å². The van der Waals surface area contributed by atoms with Gasteiger partial charge in [0.25, 0.3) is 5.91 Å². The lowest BCUT2D eigenvalue weighted by Gasteiger charge is -2.58. The van der Waals surface area contributed by atoms with E-state index in [1.165, 1.54) is 23.1 Å². The SMILES string of the molecule is O=C(c1ccccc1F)N1CC(=O)N2[C@H](CO)[C@H](c3ccc(Br)cc3)[C@@H]2C1. The summed E-state index contributed by atoms with van der Waals surface area (Å²) in [6, 6.07) is 13.0. The first-order valence-corrected chi connectivity index (χ1v) is 9.52. The van der Waals surface area contributed by atoms with Gasteiger partial charge in [0.05, 0.1) is 24.3 Å². The molecule has 3 atom stereocenters. The molecule has 2 aliphatic rings. The van der Waals surface area contributed by atoms with Crippen molar-refractivity contribution in [1.82, 2.24) is 9.80 Å². The van der Waals surface area contributed by atoms with Crippen molar-refractivity contribution in [1.29, 1.82) is 0 Å². The van der Waals surface area contributed by atoms with Crippen LogP contribution in [0.5, 0.6) is 0 Å². The molecule has 0 aliphatic carbocycles. The fraction of sp³-hybridized carbons (Fsp3) is 0.300. The number of halogens is 2. The molecule has 0 saturated carbocycles. The predicted molar refractivity (Wildman–Crippen MR) is 101 cm³/mol. The molecule has 2 fully saturated rings. The summed E-state index contributed by atoms with van der Waals surface area (Å²) in [5.74, 6) is -1.36. The van der Waals surface area contributed by atoms with E-state index >= 15 is 0 Å². The first-order chi connectivity index (χ1) is 13.0. The third-order valence-corrected chi connectivity index (χ3v) is 5.93. The van der Waals surface area contributed by atoms with E-state index in [1.54, 1.807) is 11.0 Å². The van der Waals surface area contributed by atoms with Crippen LogP contribution >= 0.6 is 15.9 Å². The third-order valence-electron chi connectivity index (χ3n) is 5.40. The average Bonchev–Trinajstić information content (AvgIpc) is 2.65. The summed E-state index contributed by atoms with van der Waals surface area (Å²) in [6.07, 6.45) is 0. The molecule has 140 valence electrons. The lowest BCUT2D eigenvalue weighted by molar-refractivity contribution is -0.159. The number of nitrogens with zero attached hydrogens (tertiary/aromatic N) is 2. The molecular weight excluding hydrogens is 415 g/mol. The molecule has 5 nitrogen and oxygen atoms in total. The second kappa shape index (κ2) is 7.05. The normalized spacial score (nSPS) is 24.4. The van der Waals surface area contributed by atoms with Gasteiger partial charge in [0.2, 0.25) is 5.91 Å². The summed E-state index contributed by atoms with van der Waals surface area (Å²) < 4.78 is 14.9. The highest BCUT2D eigenvalue weighted by Crippen LogP contribution is 2.43. The number of aliphatic hydroxyl groups is 1. The lowest BCUT2D eigenvalue weighted by atomic mass is 9.73. The van der Waals surface area contributed by atoms with Gasteiger partial charge >= 0.3 is 0 Å². The van der Waals surface area contributed by atoms with Gasteiger partial charge in [0.15, 0.2) is 0 Å². The summed E-state index contributed by atoms with van der Waals surface area (Å²) in [5.41, 5.74) is 0.975. The fourth-order valence-corrected chi connectivity index (χ4v) is 4.41. The van der Waals surface area contributed by atoms with Crippen LogP contribution in [0.1, 0.15) is 21.8 Å². The van der Waals surface area contributed by atoms with E-state index in [-0.39, 0.29) is 42.6 Å². The molecular formula is C20H18BrFN2O3. The van der Waals surface area contributed by atoms with Crippen LogP contribution in [0.25, 0.3) is 0 Å². The van der Waals surface area contributed by atoms with Crippen LogP contribution in [0.2, 0.25) is 0 Å². The molecule has 0 bridgehead atoms. The Hall–Kier alpha value is -2.25. The van der Waals surface area contributed by atoms with E-state index in [4.69, 9.17) is 0 Å². The topological polar surface area (TPSA) is 60.9 Å². The molecule has 2 saturated heterocycles. The summed E-state index contributed by atoms with van der Waals surface area (Å²) in [5, 5.41) is 9.79. The Labute approximate surface area is 164 Å². The summed E-state index contributed by atoms with van der Waals surface area (Å²) in [4.78, 5) is 28.4. The number of carbonyl (C=O) groups excluding carboxylic acids is 2. The molecule has 2 amide bonds. The van der Waals surface area contributed by atoms with Gasteiger partial charge in [-0.3, -0.25) is 9.59 Å². The smallest absolute Gasteiger partial charge is 0.257 e. The van der Waals surface area contributed by atoms with Crippen molar-refractivity contribution >= 4 is 27.7 Å². The van der Waals surface area contributed by atoms with Gasteiger partial charge in [-0.2, -0.15) is 0 Å². The van der Waals surface area contributed by atoms with Crippen molar-refractivity contribution < 1.29 is 19.1 Å². The number of aliphatic hydroxyl groups excluding tert-OH is 1. The van der Waals surface area contributed by atoms with Crippen LogP contribution < -0.4 is 0 Å². The van der Waals surface area contributed by atoms with Crippen molar-refractivity contribution in [2.45, 2.75) is 18.0 Å². The standard InChI is InChI=1S/C20H18BrFN2O3/c21-13-7-5-12(6-8-13)19-16-9-23(10-18(26)24(16)17(19)11-25)20(27)14-3-1-2-4-15(14)22/h1-8,16-17,19,25H,9-11H2/t16-,17+,19+/m0/s1. The molecule has 2 aromatic carbocycles. The van der Waals surface area contributed by atoms with Crippen molar-refractivity contribution in [3.05, 3.63) is 69.9 Å². The van der Waals surface area contributed by atoms with E-state index in [1.807, 2.05) is 24.3 Å². The van der Waals surface area contributed by atoms with Gasteiger partial charge < -0.3 is 14.9 Å². The number of hydrogen-bond acceptors (Lipinski definition) is 3. The zero-order chi connectivity index (χ0) is 19.1. The molecule has 1 N–H and O–H groups in total. The van der Waals surface area contributed by atoms with Crippen molar-refractivity contribution in [3.8, 4) is 0 Å². The number of rotatable bonds is 3. The fourth-order valence-electron chi connectivity index (χ4n) is 4.14. The van der Waals surface area contributed by atoms with E-state index in [9.17, 15) is 19.1 Å². The molecule has 2 aromatic rings. The molecule has 27 heavy (non-hydrogen) atoms. The number of fused-ring (bicyclic) bond motifs is 1. The van der Waals surface area contributed by atoms with Gasteiger partial charge in [-0.15, -0.1) is 0 Å². The summed E-state index contributed by atoms with van der Waals surface area (Å²) in [6.45, 7) is 0.0770. The maximum Gasteiger partial charge on any atom is 0.257 e. The number of benzene rings is 2. The van der Waals surface area contributed by atoms with E-state index in [0.29, 0.717) is 6.54 Å². The molecule has 0 unspecified atom stereocenters. The Morgan fingerprint density at radius 1 is 1.19 bits per heavy atom. The molecule has 0 radical (unpaired) electrons. The Morgan fingerprint density at radius 2 is 1.89 bits per heavy atom. The maximum absolute atomic E-state index is 14.0. The lowest BCUT2D eigenvalue weighted by Crippen LogP contribution is -2.73. The van der Waals surface area contributed by atoms with E-state index in [0.717, 1.165) is 10.0 Å². The van der Waals surface area contributed by atoms with Gasteiger partial charge in [-0.25, -0.2) is 4.39 Å². The first-order valence-electron chi connectivity index (χ1n) is 8.72. The Morgan fingerprint density at radius 3 is 2.56 bits per heavy atom. The van der Waals surface area contributed by atoms with Gasteiger partial charge in [0.1, 0.15) is 12.4 Å².